The van der Waals surface area contributed by atoms with Crippen LogP contribution in [0.15, 0.2) is 84.4 Å². The van der Waals surface area contributed by atoms with Gasteiger partial charge in [-0.3, -0.25) is 4.79 Å². The number of hydrogen-bond acceptors (Lipinski definition) is 4. The van der Waals surface area contributed by atoms with Crippen molar-refractivity contribution in [2.45, 2.75) is 31.8 Å². The molecule has 2 aliphatic heterocycles. The number of amides is 1. The van der Waals surface area contributed by atoms with Crippen molar-refractivity contribution >= 4 is 34.9 Å². The van der Waals surface area contributed by atoms with Crippen molar-refractivity contribution in [3.63, 3.8) is 0 Å². The molecule has 1 fully saturated rings. The number of rotatable bonds is 5. The normalized spacial score (nSPS) is 19.9. The highest BCUT2D eigenvalue weighted by Gasteiger charge is 2.38. The van der Waals surface area contributed by atoms with Gasteiger partial charge in [0.05, 0.1) is 34.1 Å². The summed E-state index contributed by atoms with van der Waals surface area (Å²) in [5.41, 5.74) is 2.28. The lowest BCUT2D eigenvalue weighted by atomic mass is 9.94. The average molecular weight is 495 g/mol. The van der Waals surface area contributed by atoms with Gasteiger partial charge < -0.3 is 15.0 Å². The lowest BCUT2D eigenvalue weighted by molar-refractivity contribution is -0.127. The molecule has 2 atom stereocenters. The third-order valence-electron chi connectivity index (χ3n) is 6.21. The smallest absolute Gasteiger partial charge is 0.254 e. The molecular formula is C26H24Cl2N4O2. The van der Waals surface area contributed by atoms with E-state index in [0.29, 0.717) is 22.2 Å². The van der Waals surface area contributed by atoms with Crippen LogP contribution in [-0.2, 0) is 4.79 Å². The number of allylic oxidation sites excluding steroid dienone is 1. The Morgan fingerprint density at radius 3 is 2.76 bits per heavy atom. The first kappa shape index (κ1) is 22.6. The van der Waals surface area contributed by atoms with E-state index in [-0.39, 0.29) is 11.9 Å². The van der Waals surface area contributed by atoms with Gasteiger partial charge in [-0.05, 0) is 55.7 Å². The molecule has 3 aromatic rings. The lowest BCUT2D eigenvalue weighted by Crippen LogP contribution is -2.40. The lowest BCUT2D eigenvalue weighted by Gasteiger charge is -2.33. The van der Waals surface area contributed by atoms with Gasteiger partial charge in [0.1, 0.15) is 17.6 Å². The molecule has 2 aliphatic rings. The summed E-state index contributed by atoms with van der Waals surface area (Å²) in [5.74, 6) is 1.55. The standard InChI is InChI=1S/C26H24Cl2N4O2/c1-17-24(25(32-23(30-17)11-13-29-32)18-9-10-21(27)22(28)16-18)26(33)31-14-5-6-19(31)12-15-34-20-7-3-2-4-8-20/h2-4,7-13,15-16,19,25,30H,5-6,14H2,1H3/b15-12+. The van der Waals surface area contributed by atoms with E-state index in [1.165, 1.54) is 0 Å². The van der Waals surface area contributed by atoms with Crippen LogP contribution in [0, 0.1) is 0 Å². The number of fused-ring (bicyclic) bond motifs is 1. The van der Waals surface area contributed by atoms with Crippen molar-refractivity contribution in [2.75, 3.05) is 11.9 Å². The second kappa shape index (κ2) is 9.57. The molecule has 0 aliphatic carbocycles. The summed E-state index contributed by atoms with van der Waals surface area (Å²) in [6, 6.07) is 16.5. The zero-order chi connectivity index (χ0) is 23.7. The first-order valence-corrected chi connectivity index (χ1v) is 11.9. The van der Waals surface area contributed by atoms with Gasteiger partial charge >= 0.3 is 0 Å². The van der Waals surface area contributed by atoms with Crippen LogP contribution < -0.4 is 10.1 Å². The van der Waals surface area contributed by atoms with E-state index in [2.05, 4.69) is 10.4 Å². The Morgan fingerprint density at radius 2 is 1.97 bits per heavy atom. The number of para-hydroxylation sites is 1. The fourth-order valence-corrected chi connectivity index (χ4v) is 4.89. The molecule has 0 saturated carbocycles. The van der Waals surface area contributed by atoms with Crippen LogP contribution in [0.25, 0.3) is 0 Å². The van der Waals surface area contributed by atoms with E-state index < -0.39 is 6.04 Å². The van der Waals surface area contributed by atoms with Crippen LogP contribution in [0.1, 0.15) is 31.4 Å². The van der Waals surface area contributed by atoms with Gasteiger partial charge in [0, 0.05) is 18.3 Å². The molecule has 0 radical (unpaired) electrons. The van der Waals surface area contributed by atoms with Gasteiger partial charge in [-0.1, -0.05) is 47.5 Å². The quantitative estimate of drug-likeness (QED) is 0.437. The van der Waals surface area contributed by atoms with Crippen LogP contribution in [0.5, 0.6) is 5.75 Å². The number of anilines is 1. The highest BCUT2D eigenvalue weighted by atomic mass is 35.5. The van der Waals surface area contributed by atoms with Crippen molar-refractivity contribution in [3.8, 4) is 5.75 Å². The molecule has 6 nitrogen and oxygen atoms in total. The van der Waals surface area contributed by atoms with Crippen LogP contribution in [0.3, 0.4) is 0 Å². The molecule has 1 amide bonds. The Balaban J connectivity index is 1.45. The van der Waals surface area contributed by atoms with Crippen molar-refractivity contribution in [3.05, 3.63) is 100 Å². The van der Waals surface area contributed by atoms with E-state index in [0.717, 1.165) is 35.7 Å². The summed E-state index contributed by atoms with van der Waals surface area (Å²) < 4.78 is 7.55. The molecule has 0 bridgehead atoms. The minimum atomic E-state index is -0.417. The molecule has 1 aromatic heterocycles. The topological polar surface area (TPSA) is 59.4 Å². The Hall–Kier alpha value is -3.22. The maximum Gasteiger partial charge on any atom is 0.254 e. The van der Waals surface area contributed by atoms with Crippen molar-refractivity contribution in [2.24, 2.45) is 0 Å². The fraction of sp³-hybridized carbons (Fsp3) is 0.231. The van der Waals surface area contributed by atoms with Gasteiger partial charge in [0.15, 0.2) is 0 Å². The van der Waals surface area contributed by atoms with Crippen LogP contribution in [0.2, 0.25) is 10.0 Å². The highest BCUT2D eigenvalue weighted by molar-refractivity contribution is 6.42. The number of benzene rings is 2. The van der Waals surface area contributed by atoms with Gasteiger partial charge in [-0.15, -0.1) is 0 Å². The summed E-state index contributed by atoms with van der Waals surface area (Å²) in [4.78, 5) is 15.9. The minimum absolute atomic E-state index is 0.0333. The molecule has 34 heavy (non-hydrogen) atoms. The molecule has 5 rings (SSSR count). The predicted octanol–water partition coefficient (Wildman–Crippen LogP) is 6.06. The molecule has 2 aromatic carbocycles. The van der Waals surface area contributed by atoms with Crippen molar-refractivity contribution in [1.82, 2.24) is 14.7 Å². The van der Waals surface area contributed by atoms with Crippen LogP contribution >= 0.6 is 23.2 Å². The third kappa shape index (κ3) is 4.31. The predicted molar refractivity (Wildman–Crippen MR) is 134 cm³/mol. The Kier molecular flexibility index (Phi) is 6.35. The highest BCUT2D eigenvalue weighted by Crippen LogP contribution is 2.39. The summed E-state index contributed by atoms with van der Waals surface area (Å²) >= 11 is 12.5. The average Bonchev–Trinajstić information content (AvgIpc) is 3.50. The van der Waals surface area contributed by atoms with E-state index in [1.807, 2.05) is 65.0 Å². The number of nitrogens with one attached hydrogen (secondary N) is 1. The number of nitrogens with zero attached hydrogens (tertiary/aromatic N) is 3. The zero-order valence-electron chi connectivity index (χ0n) is 18.6. The maximum absolute atomic E-state index is 14.0. The van der Waals surface area contributed by atoms with Gasteiger partial charge in [0.25, 0.3) is 5.91 Å². The van der Waals surface area contributed by atoms with Crippen LogP contribution in [0.4, 0.5) is 5.82 Å². The molecular weight excluding hydrogens is 471 g/mol. The number of halogens is 2. The SMILES string of the molecule is CC1=C(C(=O)N2CCCC2/C=C/Oc2ccccc2)C(c2ccc(Cl)c(Cl)c2)n2nccc2N1. The molecule has 1 saturated heterocycles. The van der Waals surface area contributed by atoms with Crippen molar-refractivity contribution in [1.29, 1.82) is 0 Å². The van der Waals surface area contributed by atoms with Crippen LogP contribution in [-0.4, -0.2) is 33.2 Å². The van der Waals surface area contributed by atoms with Gasteiger partial charge in [-0.2, -0.15) is 5.10 Å². The maximum atomic E-state index is 14.0. The number of carbonyl (C=O) groups is 1. The zero-order valence-corrected chi connectivity index (χ0v) is 20.1. The Labute approximate surface area is 208 Å². The summed E-state index contributed by atoms with van der Waals surface area (Å²) in [6.45, 7) is 2.60. The van der Waals surface area contributed by atoms with E-state index in [9.17, 15) is 4.79 Å². The minimum Gasteiger partial charge on any atom is -0.465 e. The monoisotopic (exact) mass is 494 g/mol. The number of carbonyl (C=O) groups excluding carboxylic acids is 1. The fourth-order valence-electron chi connectivity index (χ4n) is 4.58. The number of aromatic nitrogens is 2. The Bertz CT molecular complexity index is 1270. The molecule has 8 heteroatoms. The van der Waals surface area contributed by atoms with Gasteiger partial charge in [-0.25, -0.2) is 4.68 Å². The van der Waals surface area contributed by atoms with E-state index in [4.69, 9.17) is 27.9 Å². The molecule has 1 N–H and O–H groups in total. The largest absolute Gasteiger partial charge is 0.465 e. The molecule has 3 heterocycles. The summed E-state index contributed by atoms with van der Waals surface area (Å²) in [6.07, 6.45) is 7.16. The molecule has 2 unspecified atom stereocenters. The summed E-state index contributed by atoms with van der Waals surface area (Å²) in [5, 5.41) is 8.74. The molecule has 174 valence electrons. The Morgan fingerprint density at radius 1 is 1.15 bits per heavy atom. The number of likely N-dealkylation sites (tertiary alicyclic amines) is 1. The first-order chi connectivity index (χ1) is 16.5. The van der Waals surface area contributed by atoms with Crippen molar-refractivity contribution < 1.29 is 9.53 Å². The molecule has 0 spiro atoms. The number of ether oxygens (including phenoxy) is 1. The van der Waals surface area contributed by atoms with E-state index >= 15 is 0 Å². The first-order valence-electron chi connectivity index (χ1n) is 11.2. The third-order valence-corrected chi connectivity index (χ3v) is 6.94. The second-order valence-corrected chi connectivity index (χ2v) is 9.18. The van der Waals surface area contributed by atoms with Gasteiger partial charge in [0.2, 0.25) is 0 Å². The second-order valence-electron chi connectivity index (χ2n) is 8.37. The van der Waals surface area contributed by atoms with E-state index in [1.54, 1.807) is 24.6 Å². The summed E-state index contributed by atoms with van der Waals surface area (Å²) in [7, 11) is 0. The number of hydrogen-bond donors (Lipinski definition) is 1.